The zero-order valence-corrected chi connectivity index (χ0v) is 12.1. The summed E-state index contributed by atoms with van der Waals surface area (Å²) in [5.74, 6) is 0.303. The number of carbonyl (C=O) groups is 1. The Hall–Kier alpha value is -1.42. The van der Waals surface area contributed by atoms with Crippen LogP contribution >= 0.6 is 0 Å². The number of nitrogens with two attached hydrogens (primary N) is 1. The molecule has 1 fully saturated rings. The van der Waals surface area contributed by atoms with Crippen molar-refractivity contribution < 1.29 is 4.79 Å². The lowest BCUT2D eigenvalue weighted by Gasteiger charge is -2.25. The highest BCUT2D eigenvalue weighted by atomic mass is 16.2. The molecule has 1 unspecified atom stereocenters. The fraction of sp³-hybridized carbons (Fsp3) is 0.625. The molecule has 0 spiro atoms. The number of rotatable bonds is 7. The molecule has 4 heteroatoms. The second kappa shape index (κ2) is 8.00. The predicted molar refractivity (Wildman–Crippen MR) is 80.1 cm³/mol. The molecule has 0 saturated carbocycles. The largest absolute Gasteiger partial charge is 0.336 e. The first-order valence-corrected chi connectivity index (χ1v) is 7.72. The number of unbranched alkanes of at least 4 members (excludes halogenated alkanes) is 3. The Kier molecular flexibility index (Phi) is 5.99. The summed E-state index contributed by atoms with van der Waals surface area (Å²) in [6, 6.07) is 4.31. The average molecular weight is 275 g/mol. The summed E-state index contributed by atoms with van der Waals surface area (Å²) in [6.07, 6.45) is 10.8. The van der Waals surface area contributed by atoms with Crippen molar-refractivity contribution in [1.82, 2.24) is 9.88 Å². The van der Waals surface area contributed by atoms with E-state index in [1.165, 1.54) is 5.56 Å². The van der Waals surface area contributed by atoms with Crippen molar-refractivity contribution in [3.8, 4) is 0 Å². The first-order chi connectivity index (χ1) is 9.83. The van der Waals surface area contributed by atoms with Gasteiger partial charge in [-0.05, 0) is 49.9 Å². The van der Waals surface area contributed by atoms with Crippen LogP contribution in [0, 0.1) is 0 Å². The Labute approximate surface area is 121 Å². The second-order valence-corrected chi connectivity index (χ2v) is 5.48. The molecule has 1 aromatic rings. The van der Waals surface area contributed by atoms with Gasteiger partial charge in [0.15, 0.2) is 0 Å². The van der Waals surface area contributed by atoms with Gasteiger partial charge in [0.2, 0.25) is 5.91 Å². The molecule has 1 aromatic heterocycles. The van der Waals surface area contributed by atoms with E-state index in [-0.39, 0.29) is 6.04 Å². The Morgan fingerprint density at radius 1 is 1.25 bits per heavy atom. The van der Waals surface area contributed by atoms with Gasteiger partial charge >= 0.3 is 0 Å². The number of pyridine rings is 1. The molecule has 0 aromatic carbocycles. The van der Waals surface area contributed by atoms with Crippen molar-refractivity contribution in [1.29, 1.82) is 0 Å². The average Bonchev–Trinajstić information content (AvgIpc) is 2.97. The third kappa shape index (κ3) is 4.04. The van der Waals surface area contributed by atoms with Crippen LogP contribution in [0.4, 0.5) is 0 Å². The summed E-state index contributed by atoms with van der Waals surface area (Å²) < 4.78 is 0. The van der Waals surface area contributed by atoms with Crippen LogP contribution in [0.5, 0.6) is 0 Å². The molecular formula is C16H25N3O. The van der Waals surface area contributed by atoms with Gasteiger partial charge in [0.25, 0.3) is 0 Å². The van der Waals surface area contributed by atoms with E-state index in [1.54, 1.807) is 0 Å². The lowest BCUT2D eigenvalue weighted by atomic mass is 10.1. The molecule has 0 aliphatic carbocycles. The summed E-state index contributed by atoms with van der Waals surface area (Å²) in [6.45, 7) is 1.65. The summed E-state index contributed by atoms with van der Waals surface area (Å²) in [4.78, 5) is 18.5. The lowest BCUT2D eigenvalue weighted by molar-refractivity contribution is -0.132. The molecule has 1 aliphatic rings. The first kappa shape index (κ1) is 15.0. The summed E-state index contributed by atoms with van der Waals surface area (Å²) in [5, 5.41) is 0. The molecule has 1 saturated heterocycles. The van der Waals surface area contributed by atoms with Crippen LogP contribution in [0.3, 0.4) is 0 Å². The summed E-state index contributed by atoms with van der Waals surface area (Å²) in [7, 11) is 0. The third-order valence-electron chi connectivity index (χ3n) is 4.01. The van der Waals surface area contributed by atoms with Gasteiger partial charge in [-0.2, -0.15) is 0 Å². The smallest absolute Gasteiger partial charge is 0.223 e. The van der Waals surface area contributed by atoms with Crippen molar-refractivity contribution in [3.05, 3.63) is 30.1 Å². The Balaban J connectivity index is 1.83. The van der Waals surface area contributed by atoms with Crippen LogP contribution in [-0.2, 0) is 4.79 Å². The van der Waals surface area contributed by atoms with Crippen LogP contribution < -0.4 is 5.73 Å². The number of hydrogen-bond acceptors (Lipinski definition) is 3. The van der Waals surface area contributed by atoms with E-state index in [0.29, 0.717) is 12.3 Å². The van der Waals surface area contributed by atoms with Crippen LogP contribution in [0.1, 0.15) is 56.6 Å². The minimum Gasteiger partial charge on any atom is -0.336 e. The van der Waals surface area contributed by atoms with E-state index in [2.05, 4.69) is 9.88 Å². The number of likely N-dealkylation sites (tertiary alicyclic amines) is 1. The highest BCUT2D eigenvalue weighted by molar-refractivity contribution is 5.77. The highest BCUT2D eigenvalue weighted by Gasteiger charge is 2.29. The SMILES string of the molecule is NCCCCCCC(=O)N1CCCC1c1ccncc1. The maximum absolute atomic E-state index is 12.3. The minimum atomic E-state index is 0.259. The van der Waals surface area contributed by atoms with Crippen LogP contribution in [-0.4, -0.2) is 28.9 Å². The Bertz CT molecular complexity index is 407. The quantitative estimate of drug-likeness (QED) is 0.778. The minimum absolute atomic E-state index is 0.259. The molecule has 1 atom stereocenters. The zero-order valence-electron chi connectivity index (χ0n) is 12.1. The predicted octanol–water partition coefficient (Wildman–Crippen LogP) is 2.65. The standard InChI is InChI=1S/C16H25N3O/c17-10-4-2-1-3-7-16(20)19-13-5-6-15(19)14-8-11-18-12-9-14/h8-9,11-12,15H,1-7,10,13,17H2. The van der Waals surface area contributed by atoms with Gasteiger partial charge in [-0.15, -0.1) is 0 Å². The molecule has 110 valence electrons. The van der Waals surface area contributed by atoms with E-state index in [1.807, 2.05) is 24.5 Å². The van der Waals surface area contributed by atoms with Gasteiger partial charge < -0.3 is 10.6 Å². The van der Waals surface area contributed by atoms with E-state index in [0.717, 1.165) is 51.6 Å². The topological polar surface area (TPSA) is 59.2 Å². The van der Waals surface area contributed by atoms with Crippen molar-refractivity contribution in [2.75, 3.05) is 13.1 Å². The van der Waals surface area contributed by atoms with E-state index in [9.17, 15) is 4.79 Å². The summed E-state index contributed by atoms with van der Waals surface area (Å²) in [5.41, 5.74) is 6.69. The number of carbonyl (C=O) groups excluding carboxylic acids is 1. The molecule has 1 amide bonds. The number of aromatic nitrogens is 1. The van der Waals surface area contributed by atoms with Crippen molar-refractivity contribution in [2.24, 2.45) is 5.73 Å². The normalized spacial score (nSPS) is 18.4. The molecule has 2 N–H and O–H groups in total. The van der Waals surface area contributed by atoms with Crippen LogP contribution in [0.2, 0.25) is 0 Å². The molecule has 0 bridgehead atoms. The molecule has 4 nitrogen and oxygen atoms in total. The van der Waals surface area contributed by atoms with Crippen LogP contribution in [0.15, 0.2) is 24.5 Å². The molecular weight excluding hydrogens is 250 g/mol. The van der Waals surface area contributed by atoms with Crippen molar-refractivity contribution in [2.45, 2.75) is 51.0 Å². The Morgan fingerprint density at radius 2 is 2.00 bits per heavy atom. The number of amides is 1. The second-order valence-electron chi connectivity index (χ2n) is 5.48. The molecule has 0 radical (unpaired) electrons. The maximum atomic E-state index is 12.3. The monoisotopic (exact) mass is 275 g/mol. The van der Waals surface area contributed by atoms with Crippen molar-refractivity contribution >= 4 is 5.91 Å². The van der Waals surface area contributed by atoms with Gasteiger partial charge in [0, 0.05) is 25.4 Å². The van der Waals surface area contributed by atoms with Crippen LogP contribution in [0.25, 0.3) is 0 Å². The number of hydrogen-bond donors (Lipinski definition) is 1. The number of nitrogens with zero attached hydrogens (tertiary/aromatic N) is 2. The fourth-order valence-corrected chi connectivity index (χ4v) is 2.92. The van der Waals surface area contributed by atoms with E-state index < -0.39 is 0 Å². The summed E-state index contributed by atoms with van der Waals surface area (Å²) >= 11 is 0. The lowest BCUT2D eigenvalue weighted by Crippen LogP contribution is -2.30. The maximum Gasteiger partial charge on any atom is 0.223 e. The zero-order chi connectivity index (χ0) is 14.2. The van der Waals surface area contributed by atoms with Gasteiger partial charge in [-0.1, -0.05) is 12.8 Å². The fourth-order valence-electron chi connectivity index (χ4n) is 2.92. The highest BCUT2D eigenvalue weighted by Crippen LogP contribution is 2.32. The van der Waals surface area contributed by atoms with Gasteiger partial charge in [0.1, 0.15) is 0 Å². The molecule has 2 heterocycles. The first-order valence-electron chi connectivity index (χ1n) is 7.72. The molecule has 2 rings (SSSR count). The molecule has 1 aliphatic heterocycles. The van der Waals surface area contributed by atoms with Gasteiger partial charge in [0.05, 0.1) is 6.04 Å². The van der Waals surface area contributed by atoms with E-state index >= 15 is 0 Å². The third-order valence-corrected chi connectivity index (χ3v) is 4.01. The van der Waals surface area contributed by atoms with Gasteiger partial charge in [-0.25, -0.2) is 0 Å². The van der Waals surface area contributed by atoms with Crippen molar-refractivity contribution in [3.63, 3.8) is 0 Å². The molecule has 20 heavy (non-hydrogen) atoms. The Morgan fingerprint density at radius 3 is 2.75 bits per heavy atom. The van der Waals surface area contributed by atoms with E-state index in [4.69, 9.17) is 5.73 Å². The van der Waals surface area contributed by atoms with Gasteiger partial charge in [-0.3, -0.25) is 9.78 Å².